The molecular weight excluding hydrogens is 352 g/mol. The summed E-state index contributed by atoms with van der Waals surface area (Å²) >= 11 is 0. The summed E-state index contributed by atoms with van der Waals surface area (Å²) in [5, 5.41) is 2.52. The van der Waals surface area contributed by atoms with Gasteiger partial charge in [-0.1, -0.05) is 36.4 Å². The van der Waals surface area contributed by atoms with Crippen LogP contribution >= 0.6 is 0 Å². The van der Waals surface area contributed by atoms with E-state index in [0.29, 0.717) is 0 Å². The van der Waals surface area contributed by atoms with Crippen molar-refractivity contribution in [2.45, 2.75) is 0 Å². The maximum Gasteiger partial charge on any atom is 0.394 e. The second-order valence-corrected chi connectivity index (χ2v) is 6.75. The van der Waals surface area contributed by atoms with Crippen molar-refractivity contribution in [1.82, 2.24) is 4.40 Å². The highest BCUT2D eigenvalue weighted by Gasteiger charge is 2.15. The van der Waals surface area contributed by atoms with Gasteiger partial charge in [-0.25, -0.2) is 0 Å². The summed E-state index contributed by atoms with van der Waals surface area (Å²) in [6, 6.07) is 25.8. The van der Waals surface area contributed by atoms with Crippen LogP contribution in [0.4, 0.5) is 0 Å². The van der Waals surface area contributed by atoms with Gasteiger partial charge in [-0.2, -0.15) is 17.2 Å². The van der Waals surface area contributed by atoms with Gasteiger partial charge in [-0.3, -0.25) is 9.11 Å². The second-order valence-electron chi connectivity index (χ2n) is 5.85. The van der Waals surface area contributed by atoms with Gasteiger partial charge in [0.15, 0.2) is 5.52 Å². The molecule has 2 aromatic carbocycles. The minimum atomic E-state index is -4.67. The van der Waals surface area contributed by atoms with Crippen LogP contribution < -0.4 is 4.40 Å². The van der Waals surface area contributed by atoms with E-state index >= 15 is 0 Å². The summed E-state index contributed by atoms with van der Waals surface area (Å²) in [6.45, 7) is 0. The third kappa shape index (κ3) is 2.99. The summed E-state index contributed by atoms with van der Waals surface area (Å²) in [5.74, 6) is 0. The Morgan fingerprint density at radius 3 is 2.15 bits per heavy atom. The smallest absolute Gasteiger partial charge is 0.264 e. The molecule has 5 aromatic rings. The Morgan fingerprint density at radius 1 is 0.769 bits per heavy atom. The summed E-state index contributed by atoms with van der Waals surface area (Å²) in [4.78, 5) is 0. The molecule has 130 valence electrons. The van der Waals surface area contributed by atoms with Gasteiger partial charge in [0.1, 0.15) is 17.2 Å². The molecule has 0 spiro atoms. The van der Waals surface area contributed by atoms with Crippen molar-refractivity contribution < 1.29 is 21.9 Å². The summed E-state index contributed by atoms with van der Waals surface area (Å²) in [6.07, 6.45) is 2.21. The molecule has 0 unspecified atom stereocenters. The highest BCUT2D eigenvalue weighted by molar-refractivity contribution is 7.79. The average Bonchev–Trinajstić information content (AvgIpc) is 3.00. The standard InChI is InChI=1S/C19H13N2.H2O4S/c1-3-7-17-14(5-1)10-12-19-20(17)13-16-11-9-15-6-2-4-8-18(15)21(16)19;1-5(2,3)4/h1-13H;(H2,1,2,3,4)/q+1;. The molecule has 0 saturated heterocycles. The van der Waals surface area contributed by atoms with Crippen molar-refractivity contribution >= 4 is 43.4 Å². The lowest BCUT2D eigenvalue weighted by Crippen LogP contribution is -2.19. The summed E-state index contributed by atoms with van der Waals surface area (Å²) in [5.41, 5.74) is 4.89. The predicted octanol–water partition coefficient (Wildman–Crippen LogP) is 3.33. The van der Waals surface area contributed by atoms with Crippen LogP contribution in [-0.2, 0) is 10.4 Å². The Labute approximate surface area is 149 Å². The Morgan fingerprint density at radius 2 is 1.38 bits per heavy atom. The van der Waals surface area contributed by atoms with E-state index in [1.165, 1.54) is 33.0 Å². The highest BCUT2D eigenvalue weighted by Crippen LogP contribution is 2.20. The molecule has 3 aromatic heterocycles. The molecule has 3 heterocycles. The fourth-order valence-electron chi connectivity index (χ4n) is 3.24. The fraction of sp³-hybridized carbons (Fsp3) is 0. The van der Waals surface area contributed by atoms with Crippen molar-refractivity contribution in [3.05, 3.63) is 79.0 Å². The lowest BCUT2D eigenvalue weighted by Gasteiger charge is -1.98. The van der Waals surface area contributed by atoms with Crippen LogP contribution in [0.1, 0.15) is 0 Å². The first-order chi connectivity index (χ1) is 12.4. The van der Waals surface area contributed by atoms with Crippen molar-refractivity contribution in [2.75, 3.05) is 0 Å². The van der Waals surface area contributed by atoms with E-state index in [1.807, 2.05) is 0 Å². The van der Waals surface area contributed by atoms with Gasteiger partial charge < -0.3 is 0 Å². The molecular formula is C19H15N2O4S+. The first-order valence-corrected chi connectivity index (χ1v) is 9.24. The molecule has 0 fully saturated rings. The van der Waals surface area contributed by atoms with E-state index in [9.17, 15) is 0 Å². The Balaban J connectivity index is 0.000000301. The molecule has 0 bridgehead atoms. The first-order valence-electron chi connectivity index (χ1n) is 7.84. The highest BCUT2D eigenvalue weighted by atomic mass is 32.3. The zero-order chi connectivity index (χ0) is 18.3. The van der Waals surface area contributed by atoms with Gasteiger partial charge in [0.2, 0.25) is 0 Å². The molecule has 0 aliphatic rings. The number of benzene rings is 2. The Bertz CT molecular complexity index is 1370. The number of hydrogen-bond donors (Lipinski definition) is 2. The normalized spacial score (nSPS) is 11.8. The number of aromatic nitrogens is 2. The molecule has 0 saturated carbocycles. The van der Waals surface area contributed by atoms with Gasteiger partial charge in [-0.05, 0) is 30.3 Å². The van der Waals surface area contributed by atoms with Crippen LogP contribution in [0.2, 0.25) is 0 Å². The third-order valence-electron chi connectivity index (χ3n) is 4.22. The first kappa shape index (κ1) is 16.5. The maximum atomic E-state index is 8.74. The van der Waals surface area contributed by atoms with Crippen LogP contribution in [0.15, 0.2) is 79.0 Å². The molecule has 6 nitrogen and oxygen atoms in total. The summed E-state index contributed by atoms with van der Waals surface area (Å²) < 4.78 is 36.2. The number of nitrogens with zero attached hydrogens (tertiary/aromatic N) is 2. The largest absolute Gasteiger partial charge is 0.394 e. The second kappa shape index (κ2) is 6.06. The minimum absolute atomic E-state index is 1.19. The van der Waals surface area contributed by atoms with Crippen LogP contribution in [0.3, 0.4) is 0 Å². The molecule has 2 N–H and O–H groups in total. The predicted molar refractivity (Wildman–Crippen MR) is 99.7 cm³/mol. The number of para-hydroxylation sites is 2. The molecule has 0 aliphatic carbocycles. The van der Waals surface area contributed by atoms with E-state index in [0.717, 1.165) is 0 Å². The van der Waals surface area contributed by atoms with Crippen molar-refractivity contribution in [1.29, 1.82) is 0 Å². The number of rotatable bonds is 0. The van der Waals surface area contributed by atoms with Gasteiger partial charge >= 0.3 is 10.4 Å². The van der Waals surface area contributed by atoms with Gasteiger partial charge in [0.25, 0.3) is 5.65 Å². The molecule has 0 atom stereocenters. The Hall–Kier alpha value is -3.00. The van der Waals surface area contributed by atoms with Crippen molar-refractivity contribution in [2.24, 2.45) is 0 Å². The van der Waals surface area contributed by atoms with Crippen LogP contribution in [0.5, 0.6) is 0 Å². The van der Waals surface area contributed by atoms with Crippen LogP contribution in [-0.4, -0.2) is 21.9 Å². The van der Waals surface area contributed by atoms with Crippen LogP contribution in [0, 0.1) is 0 Å². The molecule has 5 rings (SSSR count). The average molecular weight is 367 g/mol. The van der Waals surface area contributed by atoms with Crippen LogP contribution in [0.25, 0.3) is 33.0 Å². The summed E-state index contributed by atoms with van der Waals surface area (Å²) in [7, 11) is -4.67. The number of hydrogen-bond acceptors (Lipinski definition) is 2. The minimum Gasteiger partial charge on any atom is -0.264 e. The zero-order valence-electron chi connectivity index (χ0n) is 13.5. The van der Waals surface area contributed by atoms with Crippen molar-refractivity contribution in [3.63, 3.8) is 0 Å². The lowest BCUT2D eigenvalue weighted by molar-refractivity contribution is -0.479. The van der Waals surface area contributed by atoms with E-state index in [4.69, 9.17) is 17.5 Å². The SMILES string of the molecule is O=S(=O)(O)O.c1ccc2c(c1)ccc1c[n+]3c4ccccc4ccc3n12. The lowest BCUT2D eigenvalue weighted by atomic mass is 10.2. The molecule has 7 heteroatoms. The quantitative estimate of drug-likeness (QED) is 0.325. The van der Waals surface area contributed by atoms with Gasteiger partial charge in [0, 0.05) is 16.8 Å². The third-order valence-corrected chi connectivity index (χ3v) is 4.22. The number of fused-ring (bicyclic) bond motifs is 7. The van der Waals surface area contributed by atoms with Gasteiger partial charge in [-0.15, -0.1) is 0 Å². The van der Waals surface area contributed by atoms with E-state index < -0.39 is 10.4 Å². The van der Waals surface area contributed by atoms with Crippen molar-refractivity contribution in [3.8, 4) is 0 Å². The fourth-order valence-corrected chi connectivity index (χ4v) is 3.24. The number of pyridine rings is 2. The Kier molecular flexibility index (Phi) is 3.84. The molecule has 26 heavy (non-hydrogen) atoms. The zero-order valence-corrected chi connectivity index (χ0v) is 14.3. The van der Waals surface area contributed by atoms with E-state index in [1.54, 1.807) is 0 Å². The molecule has 0 radical (unpaired) electrons. The maximum absolute atomic E-state index is 8.74. The molecule has 0 amide bonds. The van der Waals surface area contributed by atoms with Gasteiger partial charge in [0.05, 0.1) is 0 Å². The monoisotopic (exact) mass is 367 g/mol. The van der Waals surface area contributed by atoms with E-state index in [-0.39, 0.29) is 0 Å². The molecule has 0 aliphatic heterocycles. The topological polar surface area (TPSA) is 83.1 Å². The van der Waals surface area contributed by atoms with E-state index in [2.05, 4.69) is 87.8 Å². The number of imidazole rings is 1.